The molecule has 192 valence electrons. The topological polar surface area (TPSA) is 81.5 Å². The number of hydrogen-bond donors (Lipinski definition) is 1. The van der Waals surface area contributed by atoms with Gasteiger partial charge in [0.1, 0.15) is 0 Å². The van der Waals surface area contributed by atoms with Crippen molar-refractivity contribution in [3.05, 3.63) is 97.5 Å². The molecule has 0 spiro atoms. The highest BCUT2D eigenvalue weighted by molar-refractivity contribution is 8.00. The number of hydrogen-bond acceptors (Lipinski definition) is 6. The lowest BCUT2D eigenvalue weighted by atomic mass is 9.77. The van der Waals surface area contributed by atoms with Crippen LogP contribution < -0.4 is 5.32 Å². The second-order valence-corrected chi connectivity index (χ2v) is 11.7. The number of halogens is 3. The first-order chi connectivity index (χ1) is 17.8. The fourth-order valence-electron chi connectivity index (χ4n) is 5.39. The number of thioether (sulfide) groups is 1. The number of nitro groups is 1. The van der Waals surface area contributed by atoms with Gasteiger partial charge in [0, 0.05) is 33.0 Å². The SMILES string of the molecule is CCOC(=O)c1ccc2c(c1)C1C(Cl)C(Sc3ccccc3[N+](=O)[O-])CC1C(c1ccc(Cl)cc1Cl)N2. The predicted octanol–water partition coefficient (Wildman–Crippen LogP) is 8.12. The number of anilines is 1. The van der Waals surface area contributed by atoms with Crippen LogP contribution in [0.5, 0.6) is 0 Å². The number of alkyl halides is 1. The molecule has 10 heteroatoms. The van der Waals surface area contributed by atoms with E-state index in [0.717, 1.165) is 16.8 Å². The summed E-state index contributed by atoms with van der Waals surface area (Å²) in [5.74, 6) is -0.490. The first-order valence-corrected chi connectivity index (χ1v) is 13.9. The Morgan fingerprint density at radius 1 is 1.14 bits per heavy atom. The number of esters is 1. The van der Waals surface area contributed by atoms with Crippen LogP contribution in [0.25, 0.3) is 0 Å². The monoisotopic (exact) mass is 576 g/mol. The molecule has 1 aliphatic carbocycles. The minimum atomic E-state index is -0.389. The van der Waals surface area contributed by atoms with Gasteiger partial charge in [0.2, 0.25) is 0 Å². The van der Waals surface area contributed by atoms with Gasteiger partial charge in [0.25, 0.3) is 5.69 Å². The smallest absolute Gasteiger partial charge is 0.338 e. The second-order valence-electron chi connectivity index (χ2n) is 9.06. The molecular weight excluding hydrogens is 555 g/mol. The molecular formula is C27H23Cl3N2O4S. The number of fused-ring (bicyclic) bond motifs is 3. The van der Waals surface area contributed by atoms with Gasteiger partial charge in [-0.05, 0) is 66.8 Å². The van der Waals surface area contributed by atoms with E-state index in [4.69, 9.17) is 39.5 Å². The Balaban J connectivity index is 1.57. The van der Waals surface area contributed by atoms with E-state index in [2.05, 4.69) is 5.32 Å². The summed E-state index contributed by atoms with van der Waals surface area (Å²) in [6.45, 7) is 2.05. The van der Waals surface area contributed by atoms with Crippen molar-refractivity contribution < 1.29 is 14.5 Å². The second kappa shape index (κ2) is 10.7. The van der Waals surface area contributed by atoms with E-state index in [0.29, 0.717) is 26.9 Å². The molecule has 0 bridgehead atoms. The number of carbonyl (C=O) groups excluding carboxylic acids is 1. The first-order valence-electron chi connectivity index (χ1n) is 11.8. The Hall–Kier alpha value is -2.45. The normalized spacial score (nSPS) is 24.1. The Kier molecular flexibility index (Phi) is 7.59. The number of carbonyl (C=O) groups is 1. The average Bonchev–Trinajstić information content (AvgIpc) is 3.20. The highest BCUT2D eigenvalue weighted by atomic mass is 35.5. The van der Waals surface area contributed by atoms with Crippen molar-refractivity contribution in [2.75, 3.05) is 11.9 Å². The molecule has 1 saturated carbocycles. The summed E-state index contributed by atoms with van der Waals surface area (Å²) < 4.78 is 5.22. The highest BCUT2D eigenvalue weighted by Gasteiger charge is 2.51. The molecule has 5 atom stereocenters. The third-order valence-electron chi connectivity index (χ3n) is 6.96. The van der Waals surface area contributed by atoms with Gasteiger partial charge >= 0.3 is 5.97 Å². The van der Waals surface area contributed by atoms with E-state index in [1.54, 1.807) is 37.3 Å². The van der Waals surface area contributed by atoms with Crippen LogP contribution in [0.3, 0.4) is 0 Å². The van der Waals surface area contributed by atoms with Gasteiger partial charge in [-0.1, -0.05) is 41.4 Å². The molecule has 0 aromatic heterocycles. The molecule has 0 saturated heterocycles. The maximum absolute atomic E-state index is 12.5. The Morgan fingerprint density at radius 3 is 2.65 bits per heavy atom. The molecule has 37 heavy (non-hydrogen) atoms. The Bertz CT molecular complexity index is 1370. The molecule has 6 nitrogen and oxygen atoms in total. The van der Waals surface area contributed by atoms with Crippen LogP contribution in [0.15, 0.2) is 65.6 Å². The third-order valence-corrected chi connectivity index (χ3v) is 9.64. The molecule has 3 aromatic carbocycles. The quantitative estimate of drug-likeness (QED) is 0.138. The van der Waals surface area contributed by atoms with Crippen LogP contribution in [0.4, 0.5) is 11.4 Å². The molecule has 0 radical (unpaired) electrons. The summed E-state index contributed by atoms with van der Waals surface area (Å²) in [5.41, 5.74) is 3.23. The van der Waals surface area contributed by atoms with Crippen molar-refractivity contribution in [1.82, 2.24) is 0 Å². The Morgan fingerprint density at radius 2 is 1.92 bits per heavy atom. The van der Waals surface area contributed by atoms with Gasteiger partial charge in [-0.15, -0.1) is 23.4 Å². The zero-order chi connectivity index (χ0) is 26.3. The van der Waals surface area contributed by atoms with Crippen molar-refractivity contribution in [2.24, 2.45) is 5.92 Å². The molecule has 5 rings (SSSR count). The highest BCUT2D eigenvalue weighted by Crippen LogP contribution is 2.58. The first kappa shape index (κ1) is 26.2. The molecule has 1 fully saturated rings. The summed E-state index contributed by atoms with van der Waals surface area (Å²) in [5, 5.41) is 15.9. The molecule has 2 aliphatic rings. The zero-order valence-electron chi connectivity index (χ0n) is 19.7. The number of nitro benzene ring substituents is 1. The fourth-order valence-corrected chi connectivity index (χ4v) is 7.86. The molecule has 1 heterocycles. The van der Waals surface area contributed by atoms with Gasteiger partial charge in [0.15, 0.2) is 0 Å². The van der Waals surface area contributed by atoms with Crippen LogP contribution in [0.2, 0.25) is 10.0 Å². The average molecular weight is 578 g/mol. The van der Waals surface area contributed by atoms with E-state index in [-0.39, 0.29) is 51.7 Å². The van der Waals surface area contributed by atoms with E-state index in [1.807, 2.05) is 24.3 Å². The van der Waals surface area contributed by atoms with Crippen molar-refractivity contribution in [3.8, 4) is 0 Å². The van der Waals surface area contributed by atoms with Gasteiger partial charge in [0.05, 0.1) is 33.4 Å². The zero-order valence-corrected chi connectivity index (χ0v) is 22.8. The van der Waals surface area contributed by atoms with E-state index in [9.17, 15) is 14.9 Å². The maximum Gasteiger partial charge on any atom is 0.338 e. The predicted molar refractivity (Wildman–Crippen MR) is 148 cm³/mol. The lowest BCUT2D eigenvalue weighted by molar-refractivity contribution is -0.387. The van der Waals surface area contributed by atoms with Crippen LogP contribution in [-0.4, -0.2) is 28.1 Å². The van der Waals surface area contributed by atoms with Crippen LogP contribution in [0, 0.1) is 16.0 Å². The summed E-state index contributed by atoms with van der Waals surface area (Å²) in [7, 11) is 0. The minimum Gasteiger partial charge on any atom is -0.462 e. The fraction of sp³-hybridized carbons (Fsp3) is 0.296. The summed E-state index contributed by atoms with van der Waals surface area (Å²) in [4.78, 5) is 24.3. The van der Waals surface area contributed by atoms with Crippen molar-refractivity contribution in [3.63, 3.8) is 0 Å². The Labute approximate surface area is 233 Å². The number of para-hydroxylation sites is 1. The maximum atomic E-state index is 12.5. The largest absolute Gasteiger partial charge is 0.462 e. The van der Waals surface area contributed by atoms with Crippen LogP contribution >= 0.6 is 46.6 Å². The molecule has 3 aromatic rings. The number of ether oxygens (including phenoxy) is 1. The van der Waals surface area contributed by atoms with E-state index >= 15 is 0 Å². The van der Waals surface area contributed by atoms with Crippen molar-refractivity contribution in [1.29, 1.82) is 0 Å². The lowest BCUT2D eigenvalue weighted by Crippen LogP contribution is -2.31. The number of benzene rings is 3. The summed E-state index contributed by atoms with van der Waals surface area (Å²) in [6.07, 6.45) is 0.690. The standard InChI is InChI=1S/C27H23Cl3N2O4S/c1-2-36-27(33)14-7-10-20-17(11-14)24-18(26(31-20)16-9-8-15(28)12-19(16)29)13-23(25(24)30)37-22-6-4-3-5-21(22)32(34)35/h3-12,18,23-26,31H,2,13H2,1H3. The van der Waals surface area contributed by atoms with Gasteiger partial charge in [-0.2, -0.15) is 0 Å². The van der Waals surface area contributed by atoms with E-state index in [1.165, 1.54) is 17.8 Å². The van der Waals surface area contributed by atoms with E-state index < -0.39 is 0 Å². The minimum absolute atomic E-state index is 0.0198. The third kappa shape index (κ3) is 5.02. The van der Waals surface area contributed by atoms with Gasteiger partial charge < -0.3 is 10.1 Å². The molecule has 5 unspecified atom stereocenters. The summed E-state index contributed by atoms with van der Waals surface area (Å²) >= 11 is 21.4. The number of nitrogens with zero attached hydrogens (tertiary/aromatic N) is 1. The van der Waals surface area contributed by atoms with Gasteiger partial charge in [-0.25, -0.2) is 4.79 Å². The van der Waals surface area contributed by atoms with Gasteiger partial charge in [-0.3, -0.25) is 10.1 Å². The van der Waals surface area contributed by atoms with Crippen LogP contribution in [0.1, 0.15) is 46.8 Å². The molecule has 1 N–H and O–H groups in total. The van der Waals surface area contributed by atoms with Crippen molar-refractivity contribution >= 4 is 63.9 Å². The number of nitrogens with one attached hydrogen (secondary N) is 1. The number of rotatable bonds is 6. The van der Waals surface area contributed by atoms with Crippen LogP contribution in [-0.2, 0) is 4.74 Å². The van der Waals surface area contributed by atoms with Crippen molar-refractivity contribution in [2.45, 2.75) is 40.8 Å². The summed E-state index contributed by atoms with van der Waals surface area (Å²) in [6, 6.07) is 17.5. The molecule has 1 aliphatic heterocycles. The lowest BCUT2D eigenvalue weighted by Gasteiger charge is -2.39. The molecule has 0 amide bonds.